The molecule has 0 bridgehead atoms. The highest BCUT2D eigenvalue weighted by Gasteiger charge is 2.31. The van der Waals surface area contributed by atoms with E-state index in [0.29, 0.717) is 34.5 Å². The molecule has 32 heavy (non-hydrogen) atoms. The van der Waals surface area contributed by atoms with E-state index in [2.05, 4.69) is 10.1 Å². The molecule has 170 valence electrons. The number of halogens is 3. The number of anilines is 2. The van der Waals surface area contributed by atoms with E-state index in [9.17, 15) is 18.0 Å². The second-order valence-corrected chi connectivity index (χ2v) is 6.85. The number of carboxylic acid groups (broad SMARTS) is 1. The van der Waals surface area contributed by atoms with Gasteiger partial charge in [0.05, 0.1) is 37.1 Å². The fourth-order valence-corrected chi connectivity index (χ4v) is 3.07. The molecule has 12 heteroatoms. The lowest BCUT2D eigenvalue weighted by molar-refractivity contribution is -0.137. The molecule has 0 aliphatic carbocycles. The second-order valence-electron chi connectivity index (χ2n) is 6.85. The molecule has 0 saturated carbocycles. The lowest BCUT2D eigenvalue weighted by Crippen LogP contribution is -2.11. The van der Waals surface area contributed by atoms with E-state index in [1.165, 1.54) is 24.2 Å². The monoisotopic (exact) mass is 451 g/mol. The Morgan fingerprint density at radius 2 is 1.88 bits per heavy atom. The number of hydrogen-bond acceptors (Lipinski definition) is 6. The SMILES string of the molecule is COc1c(N)cc(COCc2cc(NC(=O)O)cc(C(F)(F)F)c2)cc1-c1ncn(C)n1. The minimum absolute atomic E-state index is 0.0198. The van der Waals surface area contributed by atoms with Gasteiger partial charge in [-0.25, -0.2) is 9.78 Å². The first-order valence-corrected chi connectivity index (χ1v) is 9.18. The Labute approximate surface area is 180 Å². The van der Waals surface area contributed by atoms with Crippen molar-refractivity contribution in [3.63, 3.8) is 0 Å². The summed E-state index contributed by atoms with van der Waals surface area (Å²) in [7, 11) is 3.17. The number of nitrogens with two attached hydrogens (primary N) is 1. The van der Waals surface area contributed by atoms with E-state index in [1.807, 2.05) is 5.32 Å². The fourth-order valence-electron chi connectivity index (χ4n) is 3.07. The molecule has 3 rings (SSSR count). The Hall–Kier alpha value is -3.80. The number of nitrogens with one attached hydrogen (secondary N) is 1. The summed E-state index contributed by atoms with van der Waals surface area (Å²) in [5.41, 5.74) is 6.51. The van der Waals surface area contributed by atoms with Gasteiger partial charge in [-0.3, -0.25) is 10.00 Å². The summed E-state index contributed by atoms with van der Waals surface area (Å²) in [4.78, 5) is 15.0. The average molecular weight is 451 g/mol. The molecule has 1 heterocycles. The van der Waals surface area contributed by atoms with Crippen LogP contribution in [0.2, 0.25) is 0 Å². The van der Waals surface area contributed by atoms with Crippen LogP contribution in [-0.4, -0.2) is 33.1 Å². The van der Waals surface area contributed by atoms with Crippen molar-refractivity contribution in [1.82, 2.24) is 14.8 Å². The topological polar surface area (TPSA) is 125 Å². The third-order valence-electron chi connectivity index (χ3n) is 4.33. The minimum Gasteiger partial charge on any atom is -0.494 e. The average Bonchev–Trinajstić information content (AvgIpc) is 3.12. The van der Waals surface area contributed by atoms with Crippen LogP contribution in [0.5, 0.6) is 5.75 Å². The Bertz CT molecular complexity index is 1130. The summed E-state index contributed by atoms with van der Waals surface area (Å²) in [6, 6.07) is 6.23. The van der Waals surface area contributed by atoms with Crippen LogP contribution < -0.4 is 15.8 Å². The molecule has 0 radical (unpaired) electrons. The summed E-state index contributed by atoms with van der Waals surface area (Å²) >= 11 is 0. The maximum Gasteiger partial charge on any atom is 0.416 e. The minimum atomic E-state index is -4.64. The van der Waals surface area contributed by atoms with E-state index in [1.54, 1.807) is 19.2 Å². The Balaban J connectivity index is 1.80. The molecular weight excluding hydrogens is 431 g/mol. The number of rotatable bonds is 7. The van der Waals surface area contributed by atoms with Gasteiger partial charge in [0.2, 0.25) is 0 Å². The van der Waals surface area contributed by atoms with Crippen molar-refractivity contribution >= 4 is 17.5 Å². The number of carbonyl (C=O) groups is 1. The van der Waals surface area contributed by atoms with Crippen molar-refractivity contribution < 1.29 is 32.5 Å². The summed E-state index contributed by atoms with van der Waals surface area (Å²) in [6.07, 6.45) is -4.59. The highest BCUT2D eigenvalue weighted by molar-refractivity contribution is 5.83. The summed E-state index contributed by atoms with van der Waals surface area (Å²) < 4.78 is 51.9. The maximum absolute atomic E-state index is 13.1. The first-order valence-electron chi connectivity index (χ1n) is 9.18. The number of aromatic nitrogens is 3. The number of benzene rings is 2. The molecule has 0 aliphatic rings. The zero-order chi connectivity index (χ0) is 23.5. The van der Waals surface area contributed by atoms with Crippen molar-refractivity contribution in [3.8, 4) is 17.1 Å². The van der Waals surface area contributed by atoms with Gasteiger partial charge in [0.1, 0.15) is 6.33 Å². The van der Waals surface area contributed by atoms with Crippen LogP contribution in [0.25, 0.3) is 11.4 Å². The zero-order valence-electron chi connectivity index (χ0n) is 17.1. The van der Waals surface area contributed by atoms with Crippen molar-refractivity contribution in [2.45, 2.75) is 19.4 Å². The third kappa shape index (κ3) is 5.46. The Morgan fingerprint density at radius 1 is 1.19 bits per heavy atom. The van der Waals surface area contributed by atoms with Crippen molar-refractivity contribution in [2.24, 2.45) is 7.05 Å². The first-order chi connectivity index (χ1) is 15.1. The Kier molecular flexibility index (Phi) is 6.53. The first kappa shape index (κ1) is 22.9. The number of nitrogens with zero attached hydrogens (tertiary/aromatic N) is 3. The van der Waals surface area contributed by atoms with Crippen LogP contribution in [0.1, 0.15) is 16.7 Å². The predicted octanol–water partition coefficient (Wildman–Crippen LogP) is 3.90. The van der Waals surface area contributed by atoms with Crippen LogP contribution in [0.4, 0.5) is 29.3 Å². The van der Waals surface area contributed by atoms with Gasteiger partial charge in [-0.1, -0.05) is 0 Å². The molecule has 0 spiro atoms. The molecule has 0 unspecified atom stereocenters. The number of ether oxygens (including phenoxy) is 2. The maximum atomic E-state index is 13.1. The molecule has 1 aromatic heterocycles. The molecule has 1 amide bonds. The van der Waals surface area contributed by atoms with Crippen LogP contribution in [0.3, 0.4) is 0 Å². The van der Waals surface area contributed by atoms with Gasteiger partial charge in [0.25, 0.3) is 0 Å². The number of alkyl halides is 3. The molecule has 0 fully saturated rings. The second kappa shape index (κ2) is 9.14. The highest BCUT2D eigenvalue weighted by Crippen LogP contribution is 2.35. The summed E-state index contributed by atoms with van der Waals surface area (Å²) in [5, 5.41) is 15.0. The summed E-state index contributed by atoms with van der Waals surface area (Å²) in [5.74, 6) is 0.780. The van der Waals surface area contributed by atoms with E-state index in [-0.39, 0.29) is 24.5 Å². The van der Waals surface area contributed by atoms with Gasteiger partial charge < -0.3 is 20.3 Å². The van der Waals surface area contributed by atoms with Gasteiger partial charge in [-0.2, -0.15) is 18.3 Å². The van der Waals surface area contributed by atoms with Crippen molar-refractivity contribution in [3.05, 3.63) is 53.3 Å². The van der Waals surface area contributed by atoms with Crippen LogP contribution >= 0.6 is 0 Å². The van der Waals surface area contributed by atoms with Crippen molar-refractivity contribution in [1.29, 1.82) is 0 Å². The normalized spacial score (nSPS) is 11.4. The van der Waals surface area contributed by atoms with Gasteiger partial charge in [-0.05, 0) is 41.5 Å². The smallest absolute Gasteiger partial charge is 0.416 e. The molecule has 0 atom stereocenters. The third-order valence-corrected chi connectivity index (χ3v) is 4.33. The molecule has 3 aromatic rings. The van der Waals surface area contributed by atoms with E-state index in [4.69, 9.17) is 20.3 Å². The molecule has 0 aliphatic heterocycles. The van der Waals surface area contributed by atoms with E-state index in [0.717, 1.165) is 6.07 Å². The van der Waals surface area contributed by atoms with Crippen LogP contribution in [-0.2, 0) is 31.2 Å². The predicted molar refractivity (Wildman–Crippen MR) is 109 cm³/mol. The molecule has 2 aromatic carbocycles. The van der Waals surface area contributed by atoms with Gasteiger partial charge in [0.15, 0.2) is 11.6 Å². The Morgan fingerprint density at radius 3 is 2.44 bits per heavy atom. The van der Waals surface area contributed by atoms with Gasteiger partial charge >= 0.3 is 12.3 Å². The number of nitrogen functional groups attached to an aromatic ring is 1. The summed E-state index contributed by atoms with van der Waals surface area (Å²) in [6.45, 7) is -0.173. The van der Waals surface area contributed by atoms with E-state index >= 15 is 0 Å². The standard InChI is InChI=1S/C20H20F3N5O4/c1-28-10-25-18(27-28)15-5-12(6-16(24)17(15)31-2)9-32-8-11-3-13(20(21,22)23)7-14(4-11)26-19(29)30/h3-7,10,26H,8-9,24H2,1-2H3,(H,29,30). The highest BCUT2D eigenvalue weighted by atomic mass is 19.4. The van der Waals surface area contributed by atoms with Gasteiger partial charge in [-0.15, -0.1) is 0 Å². The van der Waals surface area contributed by atoms with Crippen LogP contribution in [0, 0.1) is 0 Å². The molecule has 4 N–H and O–H groups in total. The van der Waals surface area contributed by atoms with Crippen LogP contribution in [0.15, 0.2) is 36.7 Å². The molecule has 0 saturated heterocycles. The fraction of sp³-hybridized carbons (Fsp3) is 0.250. The largest absolute Gasteiger partial charge is 0.494 e. The lowest BCUT2D eigenvalue weighted by Gasteiger charge is -2.14. The molecular formula is C20H20F3N5O4. The number of hydrogen-bond donors (Lipinski definition) is 3. The number of methoxy groups -OCH3 is 1. The van der Waals surface area contributed by atoms with Gasteiger partial charge in [0, 0.05) is 12.7 Å². The molecule has 9 nitrogen and oxygen atoms in total. The van der Waals surface area contributed by atoms with Crippen molar-refractivity contribution in [2.75, 3.05) is 18.2 Å². The lowest BCUT2D eigenvalue weighted by atomic mass is 10.1. The number of amides is 1. The van der Waals surface area contributed by atoms with E-state index < -0.39 is 17.8 Å². The zero-order valence-corrected chi connectivity index (χ0v) is 17.1. The quantitative estimate of drug-likeness (QED) is 0.465. The number of aryl methyl sites for hydroxylation is 1.